The molecule has 0 amide bonds. The van der Waals surface area contributed by atoms with Gasteiger partial charge < -0.3 is 15.6 Å². The van der Waals surface area contributed by atoms with Gasteiger partial charge in [0, 0.05) is 17.9 Å². The predicted molar refractivity (Wildman–Crippen MR) is 91.7 cm³/mol. The van der Waals surface area contributed by atoms with Crippen LogP contribution in [0.3, 0.4) is 0 Å². The lowest BCUT2D eigenvalue weighted by molar-refractivity contribution is 0.212. The fourth-order valence-electron chi connectivity index (χ4n) is 3.51. The molecular weight excluding hydrogens is 326 g/mol. The summed E-state index contributed by atoms with van der Waals surface area (Å²) in [5, 5.41) is 9.17. The number of benzene rings is 2. The van der Waals surface area contributed by atoms with Crippen molar-refractivity contribution >= 4 is 9.84 Å². The van der Waals surface area contributed by atoms with E-state index in [4.69, 9.17) is 10.5 Å². The molecule has 0 unspecified atom stereocenters. The molecule has 0 aliphatic heterocycles. The molecule has 24 heavy (non-hydrogen) atoms. The molecule has 0 radical (unpaired) electrons. The Labute approximate surface area is 142 Å². The summed E-state index contributed by atoms with van der Waals surface area (Å²) in [6.07, 6.45) is 0. The third-order valence-electron chi connectivity index (χ3n) is 4.94. The molecule has 1 aliphatic carbocycles. The number of ether oxygens (including phenoxy) is 1. The molecule has 0 aromatic heterocycles. The number of aliphatic hydroxyl groups is 1. The van der Waals surface area contributed by atoms with E-state index in [0.717, 1.165) is 5.56 Å². The van der Waals surface area contributed by atoms with Crippen LogP contribution >= 0.6 is 0 Å². The van der Waals surface area contributed by atoms with Crippen molar-refractivity contribution in [2.24, 2.45) is 11.1 Å². The maximum atomic E-state index is 13.0. The van der Waals surface area contributed by atoms with Gasteiger partial charge in [0.15, 0.2) is 9.84 Å². The number of rotatable bonds is 6. The van der Waals surface area contributed by atoms with Gasteiger partial charge in [-0.25, -0.2) is 8.42 Å². The van der Waals surface area contributed by atoms with Crippen molar-refractivity contribution in [3.63, 3.8) is 0 Å². The van der Waals surface area contributed by atoms with Gasteiger partial charge in [-0.3, -0.25) is 0 Å². The molecule has 0 heterocycles. The molecule has 0 bridgehead atoms. The smallest absolute Gasteiger partial charge is 0.182 e. The molecule has 5 nitrogen and oxygen atoms in total. The second kappa shape index (κ2) is 6.20. The SMILES string of the molecule is COc1ccc([C@@H]2[C@@H](S(=O)(=O)c3ccccc3)[C@@]2(CN)CO)cc1. The molecule has 3 atom stereocenters. The Morgan fingerprint density at radius 1 is 1.12 bits per heavy atom. The van der Waals surface area contributed by atoms with E-state index in [1.807, 2.05) is 12.1 Å². The van der Waals surface area contributed by atoms with Gasteiger partial charge in [-0.05, 0) is 29.8 Å². The standard InChI is InChI=1S/C18H21NO4S/c1-23-14-9-7-13(8-10-14)16-17(18(16,11-19)12-20)24(21,22)15-5-3-2-4-6-15/h2-10,16-17,20H,11-12,19H2,1H3/t16-,17-,18+/m1/s1. The molecule has 1 saturated carbocycles. The van der Waals surface area contributed by atoms with Crippen molar-refractivity contribution in [2.45, 2.75) is 16.1 Å². The average molecular weight is 347 g/mol. The van der Waals surface area contributed by atoms with Gasteiger partial charge in [-0.2, -0.15) is 0 Å². The van der Waals surface area contributed by atoms with Gasteiger partial charge >= 0.3 is 0 Å². The van der Waals surface area contributed by atoms with Gasteiger partial charge in [-0.15, -0.1) is 0 Å². The average Bonchev–Trinajstić information content (AvgIpc) is 3.33. The summed E-state index contributed by atoms with van der Waals surface area (Å²) in [7, 11) is -2.01. The molecule has 6 heteroatoms. The second-order valence-electron chi connectivity index (χ2n) is 6.12. The van der Waals surface area contributed by atoms with Crippen LogP contribution in [0.25, 0.3) is 0 Å². The third-order valence-corrected chi connectivity index (χ3v) is 7.27. The second-order valence-corrected chi connectivity index (χ2v) is 8.19. The molecule has 0 spiro atoms. The largest absolute Gasteiger partial charge is 0.497 e. The van der Waals surface area contributed by atoms with E-state index < -0.39 is 20.5 Å². The molecule has 128 valence electrons. The first-order chi connectivity index (χ1) is 11.5. The predicted octanol–water partition coefficient (Wildman–Crippen LogP) is 1.57. The van der Waals surface area contributed by atoms with Crippen LogP contribution in [-0.2, 0) is 9.84 Å². The van der Waals surface area contributed by atoms with E-state index in [1.54, 1.807) is 49.6 Å². The van der Waals surface area contributed by atoms with Gasteiger partial charge in [0.1, 0.15) is 5.75 Å². The van der Waals surface area contributed by atoms with E-state index in [9.17, 15) is 13.5 Å². The van der Waals surface area contributed by atoms with E-state index in [0.29, 0.717) is 5.75 Å². The summed E-state index contributed by atoms with van der Waals surface area (Å²) in [4.78, 5) is 0.261. The first-order valence-corrected chi connectivity index (χ1v) is 9.29. The highest BCUT2D eigenvalue weighted by Gasteiger charge is 2.70. The van der Waals surface area contributed by atoms with Crippen molar-refractivity contribution in [3.8, 4) is 5.75 Å². The summed E-state index contributed by atoms with van der Waals surface area (Å²) in [6.45, 7) is -0.159. The first kappa shape index (κ1) is 17.0. The highest BCUT2D eigenvalue weighted by molar-refractivity contribution is 7.92. The van der Waals surface area contributed by atoms with Crippen LogP contribution in [0.1, 0.15) is 11.5 Å². The minimum Gasteiger partial charge on any atom is -0.497 e. The zero-order valence-corrected chi connectivity index (χ0v) is 14.2. The van der Waals surface area contributed by atoms with E-state index in [2.05, 4.69) is 0 Å². The van der Waals surface area contributed by atoms with Crippen molar-refractivity contribution in [2.75, 3.05) is 20.3 Å². The van der Waals surface area contributed by atoms with Crippen LogP contribution in [0.5, 0.6) is 5.75 Å². The topological polar surface area (TPSA) is 89.6 Å². The van der Waals surface area contributed by atoms with E-state index in [1.165, 1.54) is 0 Å². The maximum absolute atomic E-state index is 13.0. The Kier molecular flexibility index (Phi) is 4.38. The molecule has 1 fully saturated rings. The minimum absolute atomic E-state index is 0.108. The van der Waals surface area contributed by atoms with Crippen LogP contribution in [0, 0.1) is 5.41 Å². The molecule has 2 aromatic carbocycles. The zero-order chi connectivity index (χ0) is 17.4. The highest BCUT2D eigenvalue weighted by Crippen LogP contribution is 2.63. The molecule has 3 rings (SSSR count). The summed E-state index contributed by atoms with van der Waals surface area (Å²) in [5.41, 5.74) is 5.88. The van der Waals surface area contributed by atoms with Gasteiger partial charge in [0.05, 0.1) is 23.9 Å². The van der Waals surface area contributed by atoms with Crippen molar-refractivity contribution < 1.29 is 18.3 Å². The van der Waals surface area contributed by atoms with Gasteiger partial charge in [0.25, 0.3) is 0 Å². The van der Waals surface area contributed by atoms with Crippen LogP contribution in [0.4, 0.5) is 0 Å². The van der Waals surface area contributed by atoms with E-state index >= 15 is 0 Å². The Balaban J connectivity index is 2.02. The summed E-state index contributed by atoms with van der Waals surface area (Å²) < 4.78 is 31.2. The number of sulfone groups is 1. The van der Waals surface area contributed by atoms with E-state index in [-0.39, 0.29) is 24.0 Å². The molecule has 3 N–H and O–H groups in total. The fraction of sp³-hybridized carbons (Fsp3) is 0.333. The van der Waals surface area contributed by atoms with Crippen LogP contribution in [0.15, 0.2) is 59.5 Å². The number of methoxy groups -OCH3 is 1. The Bertz CT molecular complexity index is 799. The maximum Gasteiger partial charge on any atom is 0.182 e. The fourth-order valence-corrected chi connectivity index (χ4v) is 5.99. The first-order valence-electron chi connectivity index (χ1n) is 7.75. The number of hydrogen-bond donors (Lipinski definition) is 2. The van der Waals surface area contributed by atoms with Crippen molar-refractivity contribution in [3.05, 3.63) is 60.2 Å². The van der Waals surface area contributed by atoms with Crippen LogP contribution in [0.2, 0.25) is 0 Å². The van der Waals surface area contributed by atoms with Crippen molar-refractivity contribution in [1.29, 1.82) is 0 Å². The quantitative estimate of drug-likeness (QED) is 0.828. The number of hydrogen-bond acceptors (Lipinski definition) is 5. The van der Waals surface area contributed by atoms with Gasteiger partial charge in [0.2, 0.25) is 0 Å². The molecular formula is C18H21NO4S. The van der Waals surface area contributed by atoms with Crippen molar-refractivity contribution in [1.82, 2.24) is 0 Å². The number of nitrogens with two attached hydrogens (primary N) is 1. The summed E-state index contributed by atoms with van der Waals surface area (Å²) in [6, 6.07) is 15.6. The molecule has 0 saturated heterocycles. The monoisotopic (exact) mass is 347 g/mol. The zero-order valence-electron chi connectivity index (χ0n) is 13.4. The van der Waals surface area contributed by atoms with Crippen LogP contribution in [-0.4, -0.2) is 39.0 Å². The van der Waals surface area contributed by atoms with Gasteiger partial charge in [-0.1, -0.05) is 30.3 Å². The summed E-state index contributed by atoms with van der Waals surface area (Å²) >= 11 is 0. The highest BCUT2D eigenvalue weighted by atomic mass is 32.2. The summed E-state index contributed by atoms with van der Waals surface area (Å²) in [5.74, 6) is 0.368. The Morgan fingerprint density at radius 2 is 1.75 bits per heavy atom. The lowest BCUT2D eigenvalue weighted by Gasteiger charge is -2.12. The normalized spacial score (nSPS) is 26.1. The molecule has 2 aromatic rings. The lowest BCUT2D eigenvalue weighted by atomic mass is 10.00. The Hall–Kier alpha value is -1.89. The minimum atomic E-state index is -3.58. The lowest BCUT2D eigenvalue weighted by Crippen LogP contribution is -2.27. The third kappa shape index (κ3) is 2.51. The number of aliphatic hydroxyl groups excluding tert-OH is 1. The Morgan fingerprint density at radius 3 is 2.25 bits per heavy atom. The van der Waals surface area contributed by atoms with Crippen LogP contribution < -0.4 is 10.5 Å². The molecule has 1 aliphatic rings.